The van der Waals surface area contributed by atoms with Gasteiger partial charge in [-0.2, -0.15) is 0 Å². The molecule has 0 bridgehead atoms. The molecule has 3 atom stereocenters. The van der Waals surface area contributed by atoms with Gasteiger partial charge in [0.1, 0.15) is 12.7 Å². The number of aryl methyl sites for hydroxylation is 1. The fraction of sp³-hybridized carbons (Fsp3) is 0.562. The molecular formula is C16H22O5. The predicted octanol–water partition coefficient (Wildman–Crippen LogP) is 1.97. The summed E-state index contributed by atoms with van der Waals surface area (Å²) in [5.74, 6) is -0.344. The normalized spacial score (nSPS) is 25.0. The second kappa shape index (κ2) is 7.54. The van der Waals surface area contributed by atoms with Gasteiger partial charge in [0.25, 0.3) is 0 Å². The van der Waals surface area contributed by atoms with Crippen LogP contribution in [0.2, 0.25) is 0 Å². The van der Waals surface area contributed by atoms with E-state index in [1.165, 1.54) is 0 Å². The van der Waals surface area contributed by atoms with Crippen molar-refractivity contribution in [3.05, 3.63) is 35.4 Å². The van der Waals surface area contributed by atoms with E-state index in [1.54, 1.807) is 26.4 Å². The van der Waals surface area contributed by atoms with E-state index in [4.69, 9.17) is 18.9 Å². The van der Waals surface area contributed by atoms with E-state index in [0.717, 1.165) is 12.0 Å². The Morgan fingerprint density at radius 2 is 1.95 bits per heavy atom. The number of esters is 1. The number of hydrogen-bond acceptors (Lipinski definition) is 5. The van der Waals surface area contributed by atoms with Crippen molar-refractivity contribution >= 4 is 5.97 Å². The van der Waals surface area contributed by atoms with Gasteiger partial charge in [-0.1, -0.05) is 17.7 Å². The largest absolute Gasteiger partial charge is 0.459 e. The lowest BCUT2D eigenvalue weighted by molar-refractivity contribution is -0.0555. The van der Waals surface area contributed by atoms with Gasteiger partial charge in [-0.15, -0.1) is 0 Å². The summed E-state index contributed by atoms with van der Waals surface area (Å²) in [5.41, 5.74) is 1.65. The van der Waals surface area contributed by atoms with Crippen LogP contribution < -0.4 is 0 Å². The highest BCUT2D eigenvalue weighted by Crippen LogP contribution is 2.23. The molecule has 0 spiro atoms. The lowest BCUT2D eigenvalue weighted by Gasteiger charge is -2.17. The van der Waals surface area contributed by atoms with Crippen LogP contribution in [0.4, 0.5) is 0 Å². The first-order valence-electron chi connectivity index (χ1n) is 7.05. The maximum Gasteiger partial charge on any atom is 0.338 e. The highest BCUT2D eigenvalue weighted by molar-refractivity contribution is 5.89. The number of benzene rings is 1. The summed E-state index contributed by atoms with van der Waals surface area (Å²) in [6, 6.07) is 7.29. The predicted molar refractivity (Wildman–Crippen MR) is 77.4 cm³/mol. The number of rotatable bonds is 6. The molecule has 0 aromatic heterocycles. The average Bonchev–Trinajstić information content (AvgIpc) is 2.88. The lowest BCUT2D eigenvalue weighted by atomic mass is 10.1. The molecule has 0 N–H and O–H groups in total. The molecule has 0 amide bonds. The van der Waals surface area contributed by atoms with Crippen molar-refractivity contribution in [3.63, 3.8) is 0 Å². The molecule has 1 aliphatic heterocycles. The number of ether oxygens (including phenoxy) is 4. The van der Waals surface area contributed by atoms with E-state index in [2.05, 4.69) is 0 Å². The van der Waals surface area contributed by atoms with Crippen molar-refractivity contribution in [2.24, 2.45) is 0 Å². The van der Waals surface area contributed by atoms with Crippen LogP contribution >= 0.6 is 0 Å². The first-order chi connectivity index (χ1) is 10.1. The van der Waals surface area contributed by atoms with Crippen molar-refractivity contribution < 1.29 is 23.7 Å². The number of carbonyl (C=O) groups excluding carboxylic acids is 1. The lowest BCUT2D eigenvalue weighted by Crippen LogP contribution is -2.29. The van der Waals surface area contributed by atoms with Gasteiger partial charge in [-0.25, -0.2) is 4.79 Å². The summed E-state index contributed by atoms with van der Waals surface area (Å²) >= 11 is 0. The summed E-state index contributed by atoms with van der Waals surface area (Å²) in [4.78, 5) is 12.0. The standard InChI is InChI=1S/C16H22O5/c1-11-4-6-12(7-5-11)16(17)20-10-15-14(19-3)8-13(21-15)9-18-2/h4-7,13-15H,8-10H2,1-3H3/t13-,14-,15?/m1/s1. The number of carbonyl (C=O) groups is 1. The van der Waals surface area contributed by atoms with Gasteiger partial charge >= 0.3 is 5.97 Å². The molecule has 2 rings (SSSR count). The minimum absolute atomic E-state index is 0.0111. The number of hydrogen-bond donors (Lipinski definition) is 0. The van der Waals surface area contributed by atoms with Gasteiger partial charge in [0, 0.05) is 20.6 Å². The van der Waals surface area contributed by atoms with Crippen LogP contribution in [0.25, 0.3) is 0 Å². The highest BCUT2D eigenvalue weighted by atomic mass is 16.6. The Labute approximate surface area is 125 Å². The zero-order chi connectivity index (χ0) is 15.2. The summed E-state index contributed by atoms with van der Waals surface area (Å²) in [6.07, 6.45) is 0.417. The second-order valence-corrected chi connectivity index (χ2v) is 5.23. The third-order valence-corrected chi connectivity index (χ3v) is 3.60. The van der Waals surface area contributed by atoms with Crippen LogP contribution in [0.1, 0.15) is 22.3 Å². The Kier molecular flexibility index (Phi) is 5.73. The van der Waals surface area contributed by atoms with Crippen LogP contribution in [-0.2, 0) is 18.9 Å². The topological polar surface area (TPSA) is 54.0 Å². The quantitative estimate of drug-likeness (QED) is 0.751. The smallest absolute Gasteiger partial charge is 0.338 e. The fourth-order valence-electron chi connectivity index (χ4n) is 2.42. The molecule has 21 heavy (non-hydrogen) atoms. The van der Waals surface area contributed by atoms with Gasteiger partial charge in [-0.3, -0.25) is 0 Å². The van der Waals surface area contributed by atoms with E-state index in [-0.39, 0.29) is 30.9 Å². The molecule has 0 aliphatic carbocycles. The molecule has 1 aromatic rings. The van der Waals surface area contributed by atoms with E-state index in [9.17, 15) is 4.79 Å². The van der Waals surface area contributed by atoms with Gasteiger partial charge in [0.15, 0.2) is 0 Å². The van der Waals surface area contributed by atoms with Crippen molar-refractivity contribution in [1.29, 1.82) is 0 Å². The first-order valence-corrected chi connectivity index (χ1v) is 7.05. The van der Waals surface area contributed by atoms with Crippen molar-refractivity contribution in [1.82, 2.24) is 0 Å². The molecular weight excluding hydrogens is 272 g/mol. The van der Waals surface area contributed by atoms with Crippen molar-refractivity contribution in [2.75, 3.05) is 27.4 Å². The molecule has 0 saturated carbocycles. The fourth-order valence-corrected chi connectivity index (χ4v) is 2.42. The maximum absolute atomic E-state index is 12.0. The minimum Gasteiger partial charge on any atom is -0.459 e. The Balaban J connectivity index is 1.86. The molecule has 5 heteroatoms. The molecule has 1 aromatic carbocycles. The van der Waals surface area contributed by atoms with E-state index >= 15 is 0 Å². The molecule has 1 saturated heterocycles. The molecule has 1 unspecified atom stereocenters. The molecule has 1 heterocycles. The Bertz CT molecular complexity index is 456. The second-order valence-electron chi connectivity index (χ2n) is 5.23. The summed E-state index contributed by atoms with van der Waals surface area (Å²) < 4.78 is 21.6. The third kappa shape index (κ3) is 4.27. The van der Waals surface area contributed by atoms with E-state index in [0.29, 0.717) is 12.2 Å². The van der Waals surface area contributed by atoms with E-state index < -0.39 is 0 Å². The van der Waals surface area contributed by atoms with Crippen LogP contribution in [0.5, 0.6) is 0 Å². The molecule has 5 nitrogen and oxygen atoms in total. The summed E-state index contributed by atoms with van der Waals surface area (Å²) in [5, 5.41) is 0. The van der Waals surface area contributed by atoms with Crippen molar-refractivity contribution in [2.45, 2.75) is 31.7 Å². The maximum atomic E-state index is 12.0. The van der Waals surface area contributed by atoms with Crippen LogP contribution in [-0.4, -0.2) is 51.7 Å². The van der Waals surface area contributed by atoms with Crippen LogP contribution in [0.15, 0.2) is 24.3 Å². The molecule has 116 valence electrons. The zero-order valence-corrected chi connectivity index (χ0v) is 12.7. The Morgan fingerprint density at radius 3 is 2.57 bits per heavy atom. The average molecular weight is 294 g/mol. The van der Waals surface area contributed by atoms with E-state index in [1.807, 2.05) is 19.1 Å². The SMILES string of the molecule is COC[C@H]1C[C@@H](OC)C(COC(=O)c2ccc(C)cc2)O1. The minimum atomic E-state index is -0.344. The van der Waals surface area contributed by atoms with Crippen molar-refractivity contribution in [3.8, 4) is 0 Å². The third-order valence-electron chi connectivity index (χ3n) is 3.60. The summed E-state index contributed by atoms with van der Waals surface area (Å²) in [6.45, 7) is 2.67. The van der Waals surface area contributed by atoms with Gasteiger partial charge < -0.3 is 18.9 Å². The summed E-state index contributed by atoms with van der Waals surface area (Å²) in [7, 11) is 3.27. The molecule has 0 radical (unpaired) electrons. The van der Waals surface area contributed by atoms with Crippen LogP contribution in [0, 0.1) is 6.92 Å². The van der Waals surface area contributed by atoms with Gasteiger partial charge in [0.05, 0.1) is 24.4 Å². The zero-order valence-electron chi connectivity index (χ0n) is 12.7. The van der Waals surface area contributed by atoms with Gasteiger partial charge in [0.2, 0.25) is 0 Å². The Morgan fingerprint density at radius 1 is 1.24 bits per heavy atom. The first kappa shape index (κ1) is 15.9. The molecule has 1 fully saturated rings. The molecule has 1 aliphatic rings. The number of methoxy groups -OCH3 is 2. The van der Waals surface area contributed by atoms with Crippen LogP contribution in [0.3, 0.4) is 0 Å². The Hall–Kier alpha value is -1.43. The highest BCUT2D eigenvalue weighted by Gasteiger charge is 2.36. The van der Waals surface area contributed by atoms with Gasteiger partial charge in [-0.05, 0) is 19.1 Å². The monoisotopic (exact) mass is 294 g/mol.